The van der Waals surface area contributed by atoms with Gasteiger partial charge in [-0.2, -0.15) is 0 Å². The van der Waals surface area contributed by atoms with Crippen molar-refractivity contribution in [3.05, 3.63) is 32.6 Å². The Bertz CT molecular complexity index is 1240. The zero-order valence-electron chi connectivity index (χ0n) is 28.4. The van der Waals surface area contributed by atoms with Crippen molar-refractivity contribution in [1.29, 1.82) is 0 Å². The smallest absolute Gasteiger partial charge is 0.332 e. The van der Waals surface area contributed by atoms with Crippen LogP contribution in [0.25, 0.3) is 0 Å². The van der Waals surface area contributed by atoms with Crippen molar-refractivity contribution in [2.75, 3.05) is 6.61 Å². The lowest BCUT2D eigenvalue weighted by molar-refractivity contribution is -0.309. The van der Waals surface area contributed by atoms with E-state index >= 15 is 0 Å². The van der Waals surface area contributed by atoms with Crippen LogP contribution in [0, 0.1) is 0 Å². The Morgan fingerprint density at radius 2 is 1.32 bits per heavy atom. The van der Waals surface area contributed by atoms with E-state index in [0.717, 1.165) is 0 Å². The van der Waals surface area contributed by atoms with Crippen molar-refractivity contribution in [2.45, 2.75) is 154 Å². The Balaban J connectivity index is 2.26. The number of rotatable bonds is 7. The molecule has 1 aromatic heterocycles. The predicted octanol–water partition coefficient (Wildman–Crippen LogP) is 6.44. The van der Waals surface area contributed by atoms with Gasteiger partial charge in [-0.15, -0.1) is 0 Å². The third kappa shape index (κ3) is 6.36. The molecule has 2 aliphatic heterocycles. The van der Waals surface area contributed by atoms with E-state index in [4.69, 9.17) is 22.8 Å². The minimum atomic E-state index is -2.46. The fourth-order valence-electron chi connectivity index (χ4n) is 4.46. The number of ether oxygens (including phenoxy) is 2. The SMILES string of the molecule is C[C@H]1O[C@]2(O[C@H](CO[Si](C)(C)C(C)(C)C)[C@@H](O[Si](C)(C)C(C)(C)C)[C@H]2O[Si](C)(C)C(C)(C)C)n2c1cc(=O)[nH]c2=O. The summed E-state index contributed by atoms with van der Waals surface area (Å²) >= 11 is 0. The molecule has 5 atom stereocenters. The number of nitrogens with one attached hydrogen (secondary N) is 1. The highest BCUT2D eigenvalue weighted by Gasteiger charge is 2.66. The van der Waals surface area contributed by atoms with Crippen molar-refractivity contribution >= 4 is 25.0 Å². The van der Waals surface area contributed by atoms with Crippen LogP contribution in [0.15, 0.2) is 15.7 Å². The molecular weight excluding hydrogens is 573 g/mol. The second kappa shape index (κ2) is 10.6. The van der Waals surface area contributed by atoms with Crippen LogP contribution < -0.4 is 11.2 Å². The lowest BCUT2D eigenvalue weighted by atomic mass is 10.1. The molecule has 0 saturated carbocycles. The molecule has 236 valence electrons. The number of hydrogen-bond donors (Lipinski definition) is 1. The fourth-order valence-corrected chi connectivity index (χ4v) is 8.05. The molecule has 2 aliphatic rings. The summed E-state index contributed by atoms with van der Waals surface area (Å²) in [5, 5.41) is -0.217. The Kier molecular flexibility index (Phi) is 8.98. The highest BCUT2D eigenvalue weighted by molar-refractivity contribution is 6.75. The number of H-pyrrole nitrogens is 1. The molecule has 0 aliphatic carbocycles. The monoisotopic (exact) mass is 628 g/mol. The third-order valence-electron chi connectivity index (χ3n) is 10.3. The maximum Gasteiger partial charge on any atom is 0.332 e. The summed E-state index contributed by atoms with van der Waals surface area (Å²) in [5.74, 6) is -1.61. The van der Waals surface area contributed by atoms with E-state index in [0.29, 0.717) is 5.69 Å². The van der Waals surface area contributed by atoms with E-state index in [-0.39, 0.29) is 21.7 Å². The summed E-state index contributed by atoms with van der Waals surface area (Å²) in [6.07, 6.45) is -2.46. The van der Waals surface area contributed by atoms with E-state index in [1.165, 1.54) is 10.6 Å². The highest BCUT2D eigenvalue weighted by Crippen LogP contribution is 2.52. The Morgan fingerprint density at radius 1 is 0.829 bits per heavy atom. The molecule has 12 heteroatoms. The number of nitrogens with zero attached hydrogens (tertiary/aromatic N) is 1. The third-order valence-corrected chi connectivity index (χ3v) is 23.7. The second-order valence-corrected chi connectivity index (χ2v) is 30.8. The van der Waals surface area contributed by atoms with Gasteiger partial charge in [0.05, 0.1) is 12.3 Å². The summed E-state index contributed by atoms with van der Waals surface area (Å²) in [5.41, 5.74) is -0.599. The topological polar surface area (TPSA) is 101 Å². The average molecular weight is 629 g/mol. The average Bonchev–Trinajstić information content (AvgIpc) is 3.17. The van der Waals surface area contributed by atoms with Gasteiger partial charge in [-0.25, -0.2) is 9.36 Å². The van der Waals surface area contributed by atoms with Crippen LogP contribution in [-0.2, 0) is 28.7 Å². The number of fused-ring (bicyclic) bond motifs is 2. The van der Waals surface area contributed by atoms with Gasteiger partial charge in [0.15, 0.2) is 25.0 Å². The quantitative estimate of drug-likeness (QED) is 0.347. The summed E-state index contributed by atoms with van der Waals surface area (Å²) in [7, 11) is -7.00. The van der Waals surface area contributed by atoms with Gasteiger partial charge in [-0.3, -0.25) is 9.78 Å². The largest absolute Gasteiger partial charge is 0.414 e. The Hall–Kier alpha value is -0.869. The van der Waals surface area contributed by atoms with Crippen LogP contribution in [0.4, 0.5) is 0 Å². The van der Waals surface area contributed by atoms with Crippen molar-refractivity contribution < 1.29 is 22.8 Å². The maximum atomic E-state index is 13.5. The van der Waals surface area contributed by atoms with Crippen LogP contribution in [-0.4, -0.2) is 59.4 Å². The molecule has 9 nitrogen and oxygen atoms in total. The summed E-state index contributed by atoms with van der Waals surface area (Å²) < 4.78 is 36.0. The van der Waals surface area contributed by atoms with Crippen LogP contribution in [0.3, 0.4) is 0 Å². The van der Waals surface area contributed by atoms with Gasteiger partial charge < -0.3 is 22.8 Å². The molecule has 3 heterocycles. The van der Waals surface area contributed by atoms with Gasteiger partial charge in [0.2, 0.25) is 0 Å². The van der Waals surface area contributed by atoms with E-state index in [2.05, 4.69) is 107 Å². The van der Waals surface area contributed by atoms with Gasteiger partial charge in [0, 0.05) is 6.07 Å². The van der Waals surface area contributed by atoms with E-state index in [1.807, 2.05) is 6.92 Å². The van der Waals surface area contributed by atoms with E-state index < -0.39 is 66.5 Å². The molecular formula is C29H56N2O7Si3. The van der Waals surface area contributed by atoms with E-state index in [9.17, 15) is 9.59 Å². The van der Waals surface area contributed by atoms with Crippen LogP contribution in [0.5, 0.6) is 0 Å². The summed E-state index contributed by atoms with van der Waals surface area (Å²) in [4.78, 5) is 28.3. The molecule has 0 radical (unpaired) electrons. The molecule has 0 unspecified atom stereocenters. The molecule has 0 amide bonds. The van der Waals surface area contributed by atoms with Crippen molar-refractivity contribution in [1.82, 2.24) is 9.55 Å². The van der Waals surface area contributed by atoms with E-state index in [1.54, 1.807) is 0 Å². The maximum absolute atomic E-state index is 13.5. The van der Waals surface area contributed by atoms with Crippen LogP contribution in [0.2, 0.25) is 54.4 Å². The van der Waals surface area contributed by atoms with Crippen LogP contribution >= 0.6 is 0 Å². The zero-order valence-corrected chi connectivity index (χ0v) is 31.4. The highest BCUT2D eigenvalue weighted by atomic mass is 28.4. The molecule has 3 rings (SSSR count). The first kappa shape index (κ1) is 34.6. The van der Waals surface area contributed by atoms with Crippen LogP contribution in [0.1, 0.15) is 81.0 Å². The Labute approximate surface area is 250 Å². The second-order valence-electron chi connectivity index (χ2n) is 16.5. The molecule has 1 N–H and O–H groups in total. The first-order valence-corrected chi connectivity index (χ1v) is 23.6. The first-order valence-electron chi connectivity index (χ1n) is 14.9. The number of hydrogen-bond acceptors (Lipinski definition) is 7. The number of aromatic nitrogens is 2. The molecule has 0 aromatic carbocycles. The first-order chi connectivity index (χ1) is 18.2. The minimum Gasteiger partial charge on any atom is -0.414 e. The molecule has 1 saturated heterocycles. The van der Waals surface area contributed by atoms with Gasteiger partial charge in [0.25, 0.3) is 11.5 Å². The van der Waals surface area contributed by atoms with Crippen molar-refractivity contribution in [2.24, 2.45) is 0 Å². The molecule has 41 heavy (non-hydrogen) atoms. The lowest BCUT2D eigenvalue weighted by Gasteiger charge is -2.45. The van der Waals surface area contributed by atoms with Gasteiger partial charge in [0.1, 0.15) is 24.4 Å². The van der Waals surface area contributed by atoms with Crippen molar-refractivity contribution in [3.63, 3.8) is 0 Å². The molecule has 1 fully saturated rings. The fraction of sp³-hybridized carbons (Fsp3) is 0.862. The zero-order chi connectivity index (χ0) is 31.8. The van der Waals surface area contributed by atoms with Gasteiger partial charge >= 0.3 is 5.69 Å². The predicted molar refractivity (Wildman–Crippen MR) is 171 cm³/mol. The van der Waals surface area contributed by atoms with Gasteiger partial charge in [-0.05, 0) is 61.3 Å². The Morgan fingerprint density at radius 3 is 1.80 bits per heavy atom. The standard InChI is InChI=1S/C29H56N2O7Si3/c1-19-20-17-22(32)30-25(33)31(20)29(35-19)24(38-41(15,16)28(8,9)10)23(37-40(13,14)27(5,6)7)21(36-29)18-34-39(11,12)26(2,3)4/h17,19,21,23-24H,18H2,1-16H3,(H,30,32,33)/t19-,21-,23-,24-,29-/m1/s1. The normalized spacial score (nSPS) is 28.0. The lowest BCUT2D eigenvalue weighted by Crippen LogP contribution is -2.59. The minimum absolute atomic E-state index is 0.00247. The summed E-state index contributed by atoms with van der Waals surface area (Å²) in [6, 6.07) is 1.41. The molecule has 1 aromatic rings. The van der Waals surface area contributed by atoms with Gasteiger partial charge in [-0.1, -0.05) is 62.3 Å². The summed E-state index contributed by atoms with van der Waals surface area (Å²) in [6.45, 7) is 35.1. The number of aromatic amines is 1. The molecule has 0 bridgehead atoms. The van der Waals surface area contributed by atoms with Crippen molar-refractivity contribution in [3.8, 4) is 0 Å². The molecule has 1 spiro atoms.